The molecule has 2 aromatic rings. The Labute approximate surface area is 172 Å². The van der Waals surface area contributed by atoms with E-state index in [0.717, 1.165) is 24.0 Å². The Morgan fingerprint density at radius 2 is 1.38 bits per heavy atom. The number of carboxylic acid groups (broad SMARTS) is 1. The number of carbonyl (C=O) groups excluding carboxylic acids is 1. The molecule has 0 aliphatic carbocycles. The van der Waals surface area contributed by atoms with E-state index in [1.165, 1.54) is 4.90 Å². The molecule has 0 bridgehead atoms. The summed E-state index contributed by atoms with van der Waals surface area (Å²) in [5, 5.41) is 10.1. The first kappa shape index (κ1) is 20.9. The largest absolute Gasteiger partial charge is 0.465 e. The SMILES string of the molecule is CC(C)(C)N(C(=O)O)C(C)(C(=O)N1CCCC1)c1ccc(-c2ccccc2)cc1. The van der Waals surface area contributed by atoms with Crippen LogP contribution in [0.15, 0.2) is 54.6 Å². The van der Waals surface area contributed by atoms with Gasteiger partial charge in [-0.2, -0.15) is 0 Å². The van der Waals surface area contributed by atoms with Crippen LogP contribution in [0, 0.1) is 0 Å². The number of hydrogen-bond donors (Lipinski definition) is 1. The molecule has 1 aliphatic heterocycles. The smallest absolute Gasteiger partial charge is 0.408 e. The predicted molar refractivity (Wildman–Crippen MR) is 115 cm³/mol. The van der Waals surface area contributed by atoms with E-state index in [4.69, 9.17) is 0 Å². The van der Waals surface area contributed by atoms with Crippen molar-refractivity contribution in [3.63, 3.8) is 0 Å². The summed E-state index contributed by atoms with van der Waals surface area (Å²) in [5.41, 5.74) is 0.754. The Balaban J connectivity index is 2.09. The zero-order valence-corrected chi connectivity index (χ0v) is 17.7. The van der Waals surface area contributed by atoms with Crippen molar-refractivity contribution >= 4 is 12.0 Å². The van der Waals surface area contributed by atoms with Gasteiger partial charge in [0.05, 0.1) is 0 Å². The van der Waals surface area contributed by atoms with Crippen LogP contribution < -0.4 is 0 Å². The minimum atomic E-state index is -1.30. The van der Waals surface area contributed by atoms with E-state index in [1.807, 2.05) is 75.4 Å². The zero-order valence-electron chi connectivity index (χ0n) is 17.7. The lowest BCUT2D eigenvalue weighted by Gasteiger charge is -2.47. The van der Waals surface area contributed by atoms with Gasteiger partial charge in [0.1, 0.15) is 5.54 Å². The summed E-state index contributed by atoms with van der Waals surface area (Å²) in [5.74, 6) is -0.153. The van der Waals surface area contributed by atoms with Gasteiger partial charge in [0.2, 0.25) is 0 Å². The lowest BCUT2D eigenvalue weighted by Crippen LogP contribution is -2.62. The van der Waals surface area contributed by atoms with Crippen molar-refractivity contribution in [2.24, 2.45) is 0 Å². The quantitative estimate of drug-likeness (QED) is 0.796. The molecule has 1 unspecified atom stereocenters. The molecule has 29 heavy (non-hydrogen) atoms. The van der Waals surface area contributed by atoms with Gasteiger partial charge in [-0.1, -0.05) is 54.6 Å². The molecule has 0 spiro atoms. The van der Waals surface area contributed by atoms with Crippen LogP contribution in [0.5, 0.6) is 0 Å². The summed E-state index contributed by atoms with van der Waals surface area (Å²) in [6.45, 7) is 8.58. The Kier molecular flexibility index (Phi) is 5.69. The monoisotopic (exact) mass is 394 g/mol. The van der Waals surface area contributed by atoms with E-state index in [0.29, 0.717) is 18.7 Å². The molecule has 5 heteroatoms. The van der Waals surface area contributed by atoms with Crippen LogP contribution in [0.4, 0.5) is 4.79 Å². The molecule has 5 nitrogen and oxygen atoms in total. The highest BCUT2D eigenvalue weighted by Crippen LogP contribution is 2.38. The summed E-state index contributed by atoms with van der Waals surface area (Å²) in [6.07, 6.45) is 0.814. The summed E-state index contributed by atoms with van der Waals surface area (Å²) in [4.78, 5) is 29.1. The third-order valence-corrected chi connectivity index (χ3v) is 5.67. The average molecular weight is 395 g/mol. The minimum absolute atomic E-state index is 0.153. The molecule has 1 N–H and O–H groups in total. The van der Waals surface area contributed by atoms with Crippen LogP contribution >= 0.6 is 0 Å². The molecule has 1 fully saturated rings. The van der Waals surface area contributed by atoms with Gasteiger partial charge >= 0.3 is 6.09 Å². The van der Waals surface area contributed by atoms with Crippen molar-refractivity contribution in [3.05, 3.63) is 60.2 Å². The topological polar surface area (TPSA) is 60.9 Å². The van der Waals surface area contributed by atoms with E-state index in [1.54, 1.807) is 11.8 Å². The van der Waals surface area contributed by atoms with Crippen molar-refractivity contribution in [1.29, 1.82) is 0 Å². The van der Waals surface area contributed by atoms with Gasteiger partial charge in [0.15, 0.2) is 0 Å². The Morgan fingerprint density at radius 3 is 1.86 bits per heavy atom. The van der Waals surface area contributed by atoms with Gasteiger partial charge in [0.25, 0.3) is 5.91 Å². The standard InChI is InChI=1S/C24H30N2O3/c1-23(2,3)26(22(28)29)24(4,21(27)25-16-8-9-17-25)20-14-12-19(13-15-20)18-10-6-5-7-11-18/h5-7,10-15H,8-9,16-17H2,1-4H3,(H,28,29). The Hall–Kier alpha value is -2.82. The molecule has 1 saturated heterocycles. The minimum Gasteiger partial charge on any atom is -0.465 e. The van der Waals surface area contributed by atoms with Gasteiger partial charge in [-0.3, -0.25) is 9.69 Å². The molecule has 0 saturated carbocycles. The Bertz CT molecular complexity index is 865. The fourth-order valence-corrected chi connectivity index (χ4v) is 4.34. The van der Waals surface area contributed by atoms with Crippen molar-refractivity contribution < 1.29 is 14.7 Å². The highest BCUT2D eigenvalue weighted by atomic mass is 16.4. The maximum absolute atomic E-state index is 13.6. The molecule has 2 aromatic carbocycles. The predicted octanol–water partition coefficient (Wildman–Crippen LogP) is 4.97. The first-order valence-electron chi connectivity index (χ1n) is 10.1. The van der Waals surface area contributed by atoms with Gasteiger partial charge < -0.3 is 10.0 Å². The summed E-state index contributed by atoms with van der Waals surface area (Å²) in [7, 11) is 0. The van der Waals surface area contributed by atoms with E-state index < -0.39 is 17.2 Å². The summed E-state index contributed by atoms with van der Waals surface area (Å²) in [6, 6.07) is 17.7. The molecular weight excluding hydrogens is 364 g/mol. The van der Waals surface area contributed by atoms with Gasteiger partial charge in [-0.05, 0) is 57.2 Å². The average Bonchev–Trinajstić information content (AvgIpc) is 3.21. The highest BCUT2D eigenvalue weighted by Gasteiger charge is 2.50. The summed E-state index contributed by atoms with van der Waals surface area (Å²) >= 11 is 0. The van der Waals surface area contributed by atoms with Crippen LogP contribution in [0.25, 0.3) is 11.1 Å². The van der Waals surface area contributed by atoms with Gasteiger partial charge in [-0.15, -0.1) is 0 Å². The second-order valence-corrected chi connectivity index (χ2v) is 8.80. The van der Waals surface area contributed by atoms with Crippen molar-refractivity contribution in [3.8, 4) is 11.1 Å². The van der Waals surface area contributed by atoms with Crippen LogP contribution in [-0.4, -0.2) is 45.5 Å². The lowest BCUT2D eigenvalue weighted by molar-refractivity contribution is -0.145. The number of likely N-dealkylation sites (tertiary alicyclic amines) is 1. The van der Waals surface area contributed by atoms with Crippen LogP contribution in [-0.2, 0) is 10.3 Å². The van der Waals surface area contributed by atoms with Gasteiger partial charge in [-0.25, -0.2) is 4.79 Å². The lowest BCUT2D eigenvalue weighted by atomic mass is 9.84. The molecule has 0 aromatic heterocycles. The number of nitrogens with zero attached hydrogens (tertiary/aromatic N) is 2. The highest BCUT2D eigenvalue weighted by molar-refractivity contribution is 5.91. The van der Waals surface area contributed by atoms with Crippen molar-refractivity contribution in [2.45, 2.75) is 51.6 Å². The maximum Gasteiger partial charge on any atom is 0.408 e. The number of benzene rings is 2. The van der Waals surface area contributed by atoms with E-state index in [9.17, 15) is 14.7 Å². The van der Waals surface area contributed by atoms with Crippen molar-refractivity contribution in [2.75, 3.05) is 13.1 Å². The van der Waals surface area contributed by atoms with Gasteiger partial charge in [0, 0.05) is 18.6 Å². The fraction of sp³-hybridized carbons (Fsp3) is 0.417. The Morgan fingerprint density at radius 1 is 0.862 bits per heavy atom. The molecule has 154 valence electrons. The van der Waals surface area contributed by atoms with E-state index >= 15 is 0 Å². The molecule has 2 amide bonds. The van der Waals surface area contributed by atoms with E-state index in [-0.39, 0.29) is 5.91 Å². The van der Waals surface area contributed by atoms with Crippen molar-refractivity contribution in [1.82, 2.24) is 9.80 Å². The molecule has 1 atom stereocenters. The second kappa shape index (κ2) is 7.90. The maximum atomic E-state index is 13.6. The molecule has 1 heterocycles. The molecule has 0 radical (unpaired) electrons. The third-order valence-electron chi connectivity index (χ3n) is 5.67. The fourth-order valence-electron chi connectivity index (χ4n) is 4.34. The second-order valence-electron chi connectivity index (χ2n) is 8.80. The first-order chi connectivity index (χ1) is 13.7. The normalized spacial score (nSPS) is 16.3. The van der Waals surface area contributed by atoms with Crippen LogP contribution in [0.2, 0.25) is 0 Å². The number of hydrogen-bond acceptors (Lipinski definition) is 2. The molecular formula is C24H30N2O3. The zero-order chi connectivity index (χ0) is 21.2. The third kappa shape index (κ3) is 4.00. The number of amides is 2. The van der Waals surface area contributed by atoms with Crippen LogP contribution in [0.3, 0.4) is 0 Å². The number of carbonyl (C=O) groups is 2. The van der Waals surface area contributed by atoms with Crippen LogP contribution in [0.1, 0.15) is 46.1 Å². The first-order valence-corrected chi connectivity index (χ1v) is 10.1. The summed E-state index contributed by atoms with van der Waals surface area (Å²) < 4.78 is 0. The van der Waals surface area contributed by atoms with E-state index in [2.05, 4.69) is 0 Å². The number of rotatable bonds is 4. The molecule has 3 rings (SSSR count). The molecule has 1 aliphatic rings.